The van der Waals surface area contributed by atoms with Crippen molar-refractivity contribution in [2.75, 3.05) is 0 Å². The van der Waals surface area contributed by atoms with Gasteiger partial charge in [0.2, 0.25) is 0 Å². The fourth-order valence-corrected chi connectivity index (χ4v) is 4.29. The highest BCUT2D eigenvalue weighted by Gasteiger charge is 2.25. The molecule has 0 N–H and O–H groups in total. The molecule has 0 unspecified atom stereocenters. The van der Waals surface area contributed by atoms with Crippen LogP contribution in [0.1, 0.15) is 6.92 Å². The van der Waals surface area contributed by atoms with Crippen LogP contribution in [-0.4, -0.2) is 8.07 Å². The Morgan fingerprint density at radius 3 is 2.22 bits per heavy atom. The molecule has 1 aliphatic heterocycles. The van der Waals surface area contributed by atoms with Crippen molar-refractivity contribution in [1.82, 2.24) is 0 Å². The third-order valence-corrected chi connectivity index (χ3v) is 4.39. The molecule has 0 saturated carbocycles. The van der Waals surface area contributed by atoms with E-state index in [1.54, 1.807) is 0 Å². The zero-order chi connectivity index (χ0) is 7.07. The minimum Gasteiger partial charge on any atom is -0.0959 e. The van der Waals surface area contributed by atoms with E-state index in [-0.39, 0.29) is 0 Å². The monoisotopic (exact) mass is 138 g/mol. The molecule has 0 fully saturated rings. The first kappa shape index (κ1) is 6.81. The zero-order valence-corrected chi connectivity index (χ0v) is 7.49. The number of hydrogen-bond donors (Lipinski definition) is 0. The van der Waals surface area contributed by atoms with E-state index in [9.17, 15) is 0 Å². The van der Waals surface area contributed by atoms with E-state index in [1.807, 2.05) is 0 Å². The maximum absolute atomic E-state index is 4.00. The van der Waals surface area contributed by atoms with Crippen LogP contribution in [0.15, 0.2) is 23.4 Å². The zero-order valence-electron chi connectivity index (χ0n) is 6.49. The van der Waals surface area contributed by atoms with Gasteiger partial charge >= 0.3 is 0 Å². The first-order valence-electron chi connectivity index (χ1n) is 3.39. The van der Waals surface area contributed by atoms with Gasteiger partial charge in [-0.15, -0.1) is 0 Å². The lowest BCUT2D eigenvalue weighted by atomic mass is 10.2. The van der Waals surface area contributed by atoms with Gasteiger partial charge in [-0.05, 0) is 13.0 Å². The summed E-state index contributed by atoms with van der Waals surface area (Å²) in [5, 5.41) is 0. The lowest BCUT2D eigenvalue weighted by molar-refractivity contribution is 1.39. The molecule has 0 saturated heterocycles. The molecular weight excluding hydrogens is 124 g/mol. The first-order chi connectivity index (χ1) is 4.01. The second kappa shape index (κ2) is 1.84. The van der Waals surface area contributed by atoms with Crippen molar-refractivity contribution in [3.63, 3.8) is 0 Å². The summed E-state index contributed by atoms with van der Waals surface area (Å²) in [6.07, 6.45) is 0. The minimum atomic E-state index is -0.928. The summed E-state index contributed by atoms with van der Waals surface area (Å²) in [6, 6.07) is 1.28. The second-order valence-corrected chi connectivity index (χ2v) is 8.22. The molecule has 0 atom stereocenters. The average Bonchev–Trinajstić information content (AvgIpc) is 1.79. The Morgan fingerprint density at radius 1 is 1.56 bits per heavy atom. The van der Waals surface area contributed by atoms with Gasteiger partial charge in [0, 0.05) is 0 Å². The van der Waals surface area contributed by atoms with Gasteiger partial charge < -0.3 is 0 Å². The van der Waals surface area contributed by atoms with Crippen molar-refractivity contribution in [3.05, 3.63) is 23.4 Å². The molecule has 1 heteroatoms. The van der Waals surface area contributed by atoms with Crippen LogP contribution in [0.25, 0.3) is 0 Å². The van der Waals surface area contributed by atoms with E-state index in [0.717, 1.165) is 0 Å². The molecule has 50 valence electrons. The highest BCUT2D eigenvalue weighted by atomic mass is 28.3. The molecule has 0 aliphatic carbocycles. The fourth-order valence-electron chi connectivity index (χ4n) is 1.43. The highest BCUT2D eigenvalue weighted by molar-refractivity contribution is 6.83. The molecule has 1 rings (SSSR count). The Hall–Kier alpha value is -0.303. The molecule has 1 aliphatic rings. The van der Waals surface area contributed by atoms with E-state index < -0.39 is 8.07 Å². The van der Waals surface area contributed by atoms with Crippen molar-refractivity contribution >= 4 is 8.07 Å². The van der Waals surface area contributed by atoms with Gasteiger partial charge in [-0.25, -0.2) is 0 Å². The van der Waals surface area contributed by atoms with Crippen molar-refractivity contribution in [1.29, 1.82) is 0 Å². The average molecular weight is 138 g/mol. The van der Waals surface area contributed by atoms with Crippen LogP contribution in [0.2, 0.25) is 19.1 Å². The summed E-state index contributed by atoms with van der Waals surface area (Å²) in [5.41, 5.74) is 5.24. The summed E-state index contributed by atoms with van der Waals surface area (Å²) in [5.74, 6) is 0. The summed E-state index contributed by atoms with van der Waals surface area (Å²) in [4.78, 5) is 0. The van der Waals surface area contributed by atoms with Crippen molar-refractivity contribution in [3.8, 4) is 0 Å². The Labute approximate surface area is 58.3 Å². The summed E-state index contributed by atoms with van der Waals surface area (Å²) >= 11 is 0. The standard InChI is InChI=1S/C8H14Si/c1-7-5-9(3,4)6-8(7)2/h6H,1,5H2,2-4H3. The Morgan fingerprint density at radius 2 is 2.11 bits per heavy atom. The lowest BCUT2D eigenvalue weighted by Crippen LogP contribution is -2.17. The van der Waals surface area contributed by atoms with Gasteiger partial charge in [0.1, 0.15) is 0 Å². The van der Waals surface area contributed by atoms with E-state index >= 15 is 0 Å². The van der Waals surface area contributed by atoms with Crippen LogP contribution < -0.4 is 0 Å². The summed E-state index contributed by atoms with van der Waals surface area (Å²) in [7, 11) is -0.928. The predicted molar refractivity (Wildman–Crippen MR) is 45.2 cm³/mol. The van der Waals surface area contributed by atoms with Crippen LogP contribution in [-0.2, 0) is 0 Å². The van der Waals surface area contributed by atoms with Crippen LogP contribution >= 0.6 is 0 Å². The van der Waals surface area contributed by atoms with Crippen LogP contribution in [0, 0.1) is 0 Å². The van der Waals surface area contributed by atoms with Gasteiger partial charge in [0.15, 0.2) is 0 Å². The molecule has 0 aromatic rings. The van der Waals surface area contributed by atoms with Crippen molar-refractivity contribution < 1.29 is 0 Å². The molecule has 0 nitrogen and oxygen atoms in total. The van der Waals surface area contributed by atoms with E-state index in [2.05, 4.69) is 32.3 Å². The van der Waals surface area contributed by atoms with Gasteiger partial charge in [0.25, 0.3) is 0 Å². The molecule has 9 heavy (non-hydrogen) atoms. The normalized spacial score (nSPS) is 24.3. The molecule has 0 aromatic heterocycles. The van der Waals surface area contributed by atoms with E-state index in [0.29, 0.717) is 0 Å². The van der Waals surface area contributed by atoms with Gasteiger partial charge in [-0.2, -0.15) is 0 Å². The maximum atomic E-state index is 4.00. The van der Waals surface area contributed by atoms with Crippen molar-refractivity contribution in [2.24, 2.45) is 0 Å². The second-order valence-electron chi connectivity index (χ2n) is 3.60. The maximum Gasteiger partial charge on any atom is 0.0763 e. The predicted octanol–water partition coefficient (Wildman–Crippen LogP) is 2.75. The Kier molecular flexibility index (Phi) is 1.39. The summed E-state index contributed by atoms with van der Waals surface area (Å²) in [6.45, 7) is 10.9. The number of hydrogen-bond acceptors (Lipinski definition) is 0. The largest absolute Gasteiger partial charge is 0.0959 e. The fraction of sp³-hybridized carbons (Fsp3) is 0.500. The van der Waals surface area contributed by atoms with Crippen LogP contribution in [0.3, 0.4) is 0 Å². The smallest absolute Gasteiger partial charge is 0.0763 e. The SMILES string of the molecule is C=C1C[Si](C)(C)C=C1C. The van der Waals surface area contributed by atoms with Gasteiger partial charge in [0.05, 0.1) is 8.07 Å². The third-order valence-electron chi connectivity index (χ3n) is 1.83. The quantitative estimate of drug-likeness (QED) is 0.451. The first-order valence-corrected chi connectivity index (χ1v) is 6.67. The molecule has 0 aromatic carbocycles. The Balaban J connectivity index is 2.86. The molecular formula is C8H14Si. The molecule has 1 heterocycles. The van der Waals surface area contributed by atoms with Crippen LogP contribution in [0.5, 0.6) is 0 Å². The van der Waals surface area contributed by atoms with Crippen molar-refractivity contribution in [2.45, 2.75) is 26.1 Å². The van der Waals surface area contributed by atoms with Gasteiger partial charge in [-0.3, -0.25) is 0 Å². The molecule has 0 amide bonds. The molecule has 0 radical (unpaired) electrons. The minimum absolute atomic E-state index is 0.928. The number of allylic oxidation sites excluding steroid dienone is 2. The molecule has 0 spiro atoms. The lowest BCUT2D eigenvalue weighted by Gasteiger charge is -2.08. The Bertz CT molecular complexity index is 175. The van der Waals surface area contributed by atoms with E-state index in [1.165, 1.54) is 17.2 Å². The van der Waals surface area contributed by atoms with Crippen LogP contribution in [0.4, 0.5) is 0 Å². The van der Waals surface area contributed by atoms with E-state index in [4.69, 9.17) is 0 Å². The number of rotatable bonds is 0. The molecule has 0 bridgehead atoms. The third kappa shape index (κ3) is 1.33. The highest BCUT2D eigenvalue weighted by Crippen LogP contribution is 2.30. The topological polar surface area (TPSA) is 0 Å². The summed E-state index contributed by atoms with van der Waals surface area (Å²) < 4.78 is 0. The van der Waals surface area contributed by atoms with Gasteiger partial charge in [-0.1, -0.05) is 36.5 Å².